The summed E-state index contributed by atoms with van der Waals surface area (Å²) < 4.78 is 0. The summed E-state index contributed by atoms with van der Waals surface area (Å²) in [6.45, 7) is 1.89. The van der Waals surface area contributed by atoms with Gasteiger partial charge in [-0.3, -0.25) is 0 Å². The smallest absolute Gasteiger partial charge is 0.154 e. The van der Waals surface area contributed by atoms with Crippen molar-refractivity contribution in [1.29, 1.82) is 0 Å². The SMILES string of the molecule is Cc1cc(N[C@H]2CCCC[C@H]2O)nnc1Cl. The van der Waals surface area contributed by atoms with E-state index in [1.54, 1.807) is 0 Å². The predicted octanol–water partition coefficient (Wildman–Crippen LogP) is 2.15. The predicted molar refractivity (Wildman–Crippen MR) is 63.7 cm³/mol. The van der Waals surface area contributed by atoms with Crippen LogP contribution in [-0.4, -0.2) is 27.4 Å². The van der Waals surface area contributed by atoms with Gasteiger partial charge in [-0.05, 0) is 31.4 Å². The Balaban J connectivity index is 2.05. The fourth-order valence-corrected chi connectivity index (χ4v) is 2.10. The van der Waals surface area contributed by atoms with Crippen LogP contribution < -0.4 is 5.32 Å². The van der Waals surface area contributed by atoms with Crippen molar-refractivity contribution in [2.24, 2.45) is 0 Å². The molecule has 0 aliphatic heterocycles. The summed E-state index contributed by atoms with van der Waals surface area (Å²) >= 11 is 5.80. The molecule has 1 aliphatic carbocycles. The van der Waals surface area contributed by atoms with E-state index in [9.17, 15) is 5.11 Å². The van der Waals surface area contributed by atoms with Crippen LogP contribution in [0.2, 0.25) is 5.15 Å². The Bertz CT molecular complexity index is 372. The molecule has 4 nitrogen and oxygen atoms in total. The summed E-state index contributed by atoms with van der Waals surface area (Å²) in [4.78, 5) is 0. The number of halogens is 1. The summed E-state index contributed by atoms with van der Waals surface area (Å²) in [6.07, 6.45) is 3.80. The zero-order valence-electron chi connectivity index (χ0n) is 9.28. The van der Waals surface area contributed by atoms with Crippen molar-refractivity contribution in [3.8, 4) is 0 Å². The minimum Gasteiger partial charge on any atom is -0.391 e. The van der Waals surface area contributed by atoms with Gasteiger partial charge in [0.2, 0.25) is 0 Å². The quantitative estimate of drug-likeness (QED) is 0.833. The second-order valence-corrected chi connectivity index (χ2v) is 4.66. The van der Waals surface area contributed by atoms with Crippen molar-refractivity contribution in [1.82, 2.24) is 10.2 Å². The van der Waals surface area contributed by atoms with E-state index in [4.69, 9.17) is 11.6 Å². The van der Waals surface area contributed by atoms with Gasteiger partial charge in [-0.1, -0.05) is 24.4 Å². The molecule has 88 valence electrons. The molecular formula is C11H16ClN3O. The van der Waals surface area contributed by atoms with Crippen molar-refractivity contribution in [2.45, 2.75) is 44.8 Å². The standard InChI is InChI=1S/C11H16ClN3O/c1-7-6-10(14-15-11(7)12)13-8-4-2-3-5-9(8)16/h6,8-9,16H,2-5H2,1H3,(H,13,14)/t8-,9+/m0/s1. The fraction of sp³-hybridized carbons (Fsp3) is 0.636. The lowest BCUT2D eigenvalue weighted by atomic mass is 9.92. The highest BCUT2D eigenvalue weighted by atomic mass is 35.5. The number of aliphatic hydroxyl groups is 1. The minimum atomic E-state index is -0.286. The van der Waals surface area contributed by atoms with E-state index in [0.29, 0.717) is 11.0 Å². The topological polar surface area (TPSA) is 58.0 Å². The molecule has 2 N–H and O–H groups in total. The Morgan fingerprint density at radius 2 is 2.12 bits per heavy atom. The zero-order chi connectivity index (χ0) is 11.5. The third-order valence-corrected chi connectivity index (χ3v) is 3.36. The Morgan fingerprint density at radius 1 is 1.38 bits per heavy atom. The lowest BCUT2D eigenvalue weighted by Crippen LogP contribution is -2.36. The van der Waals surface area contributed by atoms with Crippen LogP contribution in [0.4, 0.5) is 5.82 Å². The molecule has 0 saturated heterocycles. The summed E-state index contributed by atoms with van der Waals surface area (Å²) in [5.74, 6) is 0.688. The molecule has 16 heavy (non-hydrogen) atoms. The van der Waals surface area contributed by atoms with E-state index in [0.717, 1.165) is 31.2 Å². The maximum Gasteiger partial charge on any atom is 0.154 e. The zero-order valence-corrected chi connectivity index (χ0v) is 10.0. The highest BCUT2D eigenvalue weighted by molar-refractivity contribution is 6.30. The Kier molecular flexibility index (Phi) is 3.61. The number of nitrogens with one attached hydrogen (secondary N) is 1. The molecule has 0 aromatic carbocycles. The molecule has 1 aromatic heterocycles. The molecule has 0 amide bonds. The van der Waals surface area contributed by atoms with Gasteiger partial charge in [0.15, 0.2) is 5.15 Å². The van der Waals surface area contributed by atoms with Crippen molar-refractivity contribution in [3.63, 3.8) is 0 Å². The minimum absolute atomic E-state index is 0.0867. The molecule has 1 heterocycles. The van der Waals surface area contributed by atoms with Gasteiger partial charge >= 0.3 is 0 Å². The van der Waals surface area contributed by atoms with Gasteiger partial charge in [0.05, 0.1) is 12.1 Å². The molecule has 5 heteroatoms. The van der Waals surface area contributed by atoms with E-state index in [2.05, 4.69) is 15.5 Å². The van der Waals surface area contributed by atoms with Crippen molar-refractivity contribution >= 4 is 17.4 Å². The second-order valence-electron chi connectivity index (χ2n) is 4.31. The van der Waals surface area contributed by atoms with Crippen LogP contribution in [-0.2, 0) is 0 Å². The van der Waals surface area contributed by atoms with E-state index in [-0.39, 0.29) is 12.1 Å². The first-order valence-electron chi connectivity index (χ1n) is 5.61. The van der Waals surface area contributed by atoms with E-state index in [1.165, 1.54) is 0 Å². The average Bonchev–Trinajstić information content (AvgIpc) is 2.27. The number of nitrogens with zero attached hydrogens (tertiary/aromatic N) is 2. The van der Waals surface area contributed by atoms with Gasteiger partial charge in [0.1, 0.15) is 5.82 Å². The number of aryl methyl sites for hydroxylation is 1. The number of aromatic nitrogens is 2. The molecule has 1 aliphatic rings. The first kappa shape index (κ1) is 11.6. The molecule has 0 bridgehead atoms. The molecule has 1 aromatic rings. The van der Waals surface area contributed by atoms with E-state index >= 15 is 0 Å². The maximum atomic E-state index is 9.82. The summed E-state index contributed by atoms with van der Waals surface area (Å²) in [7, 11) is 0. The van der Waals surface area contributed by atoms with E-state index in [1.807, 2.05) is 13.0 Å². The molecule has 1 saturated carbocycles. The highest BCUT2D eigenvalue weighted by Crippen LogP contribution is 2.22. The fourth-order valence-electron chi connectivity index (χ4n) is 2.01. The third-order valence-electron chi connectivity index (χ3n) is 2.99. The first-order chi connectivity index (χ1) is 7.66. The summed E-state index contributed by atoms with van der Waals surface area (Å²) in [5, 5.41) is 21.3. The Hall–Kier alpha value is -0.870. The normalized spacial score (nSPS) is 25.4. The molecule has 0 unspecified atom stereocenters. The maximum absolute atomic E-state index is 9.82. The molecule has 0 radical (unpaired) electrons. The van der Waals surface area contributed by atoms with Crippen LogP contribution in [0.25, 0.3) is 0 Å². The number of rotatable bonds is 2. The van der Waals surface area contributed by atoms with Gasteiger partial charge < -0.3 is 10.4 Å². The van der Waals surface area contributed by atoms with Crippen LogP contribution in [0.3, 0.4) is 0 Å². The second kappa shape index (κ2) is 4.97. The number of hydrogen-bond donors (Lipinski definition) is 2. The van der Waals surface area contributed by atoms with Crippen LogP contribution in [0, 0.1) is 6.92 Å². The highest BCUT2D eigenvalue weighted by Gasteiger charge is 2.23. The first-order valence-corrected chi connectivity index (χ1v) is 5.99. The molecule has 2 atom stereocenters. The average molecular weight is 242 g/mol. The van der Waals surface area contributed by atoms with Crippen molar-refractivity contribution in [2.75, 3.05) is 5.32 Å². The van der Waals surface area contributed by atoms with Gasteiger partial charge in [-0.15, -0.1) is 10.2 Å². The molecule has 2 rings (SSSR count). The molecule has 1 fully saturated rings. The lowest BCUT2D eigenvalue weighted by molar-refractivity contribution is 0.116. The summed E-state index contributed by atoms with van der Waals surface area (Å²) in [6, 6.07) is 1.94. The van der Waals surface area contributed by atoms with Crippen molar-refractivity contribution in [3.05, 3.63) is 16.8 Å². The monoisotopic (exact) mass is 241 g/mol. The number of hydrogen-bond acceptors (Lipinski definition) is 4. The van der Waals surface area contributed by atoms with Gasteiger partial charge in [0.25, 0.3) is 0 Å². The largest absolute Gasteiger partial charge is 0.391 e. The Labute approximate surface area is 100 Å². The summed E-state index contributed by atoms with van der Waals surface area (Å²) in [5.41, 5.74) is 0.893. The Morgan fingerprint density at radius 3 is 2.81 bits per heavy atom. The van der Waals surface area contributed by atoms with E-state index < -0.39 is 0 Å². The molecular weight excluding hydrogens is 226 g/mol. The van der Waals surface area contributed by atoms with Crippen LogP contribution in [0.15, 0.2) is 6.07 Å². The number of anilines is 1. The van der Waals surface area contributed by atoms with Crippen LogP contribution in [0.1, 0.15) is 31.2 Å². The van der Waals surface area contributed by atoms with Gasteiger partial charge in [0, 0.05) is 0 Å². The third kappa shape index (κ3) is 2.62. The van der Waals surface area contributed by atoms with Crippen molar-refractivity contribution < 1.29 is 5.11 Å². The van der Waals surface area contributed by atoms with Gasteiger partial charge in [-0.2, -0.15) is 0 Å². The molecule has 0 spiro atoms. The van der Waals surface area contributed by atoms with Crippen LogP contribution in [0.5, 0.6) is 0 Å². The lowest BCUT2D eigenvalue weighted by Gasteiger charge is -2.28. The van der Waals surface area contributed by atoms with Crippen LogP contribution >= 0.6 is 11.6 Å². The number of aliphatic hydroxyl groups excluding tert-OH is 1. The van der Waals surface area contributed by atoms with Gasteiger partial charge in [-0.25, -0.2) is 0 Å².